The lowest BCUT2D eigenvalue weighted by atomic mass is 10.1. The number of amides is 1. The number of hydrogen-bond donors (Lipinski definition) is 1. The molecule has 0 atom stereocenters. The molecule has 0 heterocycles. The summed E-state index contributed by atoms with van der Waals surface area (Å²) in [7, 11) is 0. The molecule has 1 aromatic carbocycles. The molecule has 0 fully saturated rings. The van der Waals surface area contributed by atoms with E-state index in [1.165, 1.54) is 0 Å². The first kappa shape index (κ1) is 20.0. The van der Waals surface area contributed by atoms with E-state index in [4.69, 9.17) is 16.3 Å². The smallest absolute Gasteiger partial charge is 0.416 e. The molecule has 0 aromatic heterocycles. The van der Waals surface area contributed by atoms with Crippen molar-refractivity contribution < 1.29 is 27.5 Å². The van der Waals surface area contributed by atoms with E-state index in [0.717, 1.165) is 30.4 Å². The van der Waals surface area contributed by atoms with Gasteiger partial charge in [-0.25, -0.2) is 4.79 Å². The second-order valence-corrected chi connectivity index (χ2v) is 5.78. The van der Waals surface area contributed by atoms with E-state index in [0.29, 0.717) is 6.54 Å². The van der Waals surface area contributed by atoms with Crippen LogP contribution >= 0.6 is 11.6 Å². The van der Waals surface area contributed by atoms with Gasteiger partial charge in [0, 0.05) is 17.6 Å². The summed E-state index contributed by atoms with van der Waals surface area (Å²) in [5.74, 6) is -1.06. The Hall–Kier alpha value is -2.02. The number of ether oxygens (including phenoxy) is 1. The van der Waals surface area contributed by atoms with Gasteiger partial charge in [-0.1, -0.05) is 25.4 Å². The molecule has 132 valence electrons. The Balaban J connectivity index is 2.62. The van der Waals surface area contributed by atoms with Crippen LogP contribution in [0.25, 0.3) is 6.08 Å². The standard InChI is InChI=1S/C16H17ClF3NO3/c1-10(2)8-21-14(22)9-24-15(23)6-3-11-7-12(16(18,19)20)4-5-13(11)17/h3-7,10H,8-9H2,1-2H3,(H,21,22)/b6-3+. The fourth-order valence-corrected chi connectivity index (χ4v) is 1.74. The van der Waals surface area contributed by atoms with E-state index in [1.807, 2.05) is 13.8 Å². The lowest BCUT2D eigenvalue weighted by molar-refractivity contribution is -0.143. The summed E-state index contributed by atoms with van der Waals surface area (Å²) in [5.41, 5.74) is -0.860. The van der Waals surface area contributed by atoms with Gasteiger partial charge in [0.1, 0.15) is 0 Å². The maximum atomic E-state index is 12.6. The van der Waals surface area contributed by atoms with E-state index >= 15 is 0 Å². The molecular weight excluding hydrogens is 347 g/mol. The first-order valence-electron chi connectivity index (χ1n) is 7.08. The van der Waals surface area contributed by atoms with Crippen LogP contribution in [-0.4, -0.2) is 25.0 Å². The third kappa shape index (κ3) is 7.04. The van der Waals surface area contributed by atoms with Gasteiger partial charge in [-0.05, 0) is 35.8 Å². The second kappa shape index (κ2) is 8.73. The molecular formula is C16H17ClF3NO3. The zero-order valence-electron chi connectivity index (χ0n) is 13.1. The molecule has 24 heavy (non-hydrogen) atoms. The maximum Gasteiger partial charge on any atom is 0.416 e. The molecule has 1 aromatic rings. The number of halogens is 4. The van der Waals surface area contributed by atoms with Crippen molar-refractivity contribution in [3.05, 3.63) is 40.4 Å². The predicted molar refractivity (Wildman–Crippen MR) is 84.3 cm³/mol. The fraction of sp³-hybridized carbons (Fsp3) is 0.375. The number of carbonyl (C=O) groups excluding carboxylic acids is 2. The lowest BCUT2D eigenvalue weighted by Crippen LogP contribution is -2.31. The molecule has 0 saturated carbocycles. The predicted octanol–water partition coefficient (Wildman–Crippen LogP) is 3.69. The Morgan fingerprint density at radius 3 is 2.58 bits per heavy atom. The van der Waals surface area contributed by atoms with Crippen LogP contribution in [0.15, 0.2) is 24.3 Å². The van der Waals surface area contributed by atoms with Crippen molar-refractivity contribution in [2.75, 3.05) is 13.2 Å². The summed E-state index contributed by atoms with van der Waals surface area (Å²) >= 11 is 5.79. The molecule has 0 aliphatic heterocycles. The van der Waals surface area contributed by atoms with E-state index in [2.05, 4.69) is 5.32 Å². The summed E-state index contributed by atoms with van der Waals surface area (Å²) in [4.78, 5) is 22.9. The van der Waals surface area contributed by atoms with E-state index in [1.54, 1.807) is 0 Å². The molecule has 1 N–H and O–H groups in total. The van der Waals surface area contributed by atoms with Crippen molar-refractivity contribution in [2.45, 2.75) is 20.0 Å². The van der Waals surface area contributed by atoms with E-state index < -0.39 is 30.2 Å². The number of esters is 1. The number of benzene rings is 1. The molecule has 4 nitrogen and oxygen atoms in total. The van der Waals surface area contributed by atoms with Crippen LogP contribution < -0.4 is 5.32 Å². The topological polar surface area (TPSA) is 55.4 Å². The number of alkyl halides is 3. The molecule has 0 aliphatic rings. The summed E-state index contributed by atoms with van der Waals surface area (Å²) in [6.45, 7) is 3.81. The zero-order chi connectivity index (χ0) is 18.3. The average Bonchev–Trinajstić information content (AvgIpc) is 2.48. The molecule has 1 amide bonds. The normalized spacial score (nSPS) is 11.8. The van der Waals surface area contributed by atoms with Gasteiger partial charge in [-0.15, -0.1) is 0 Å². The highest BCUT2D eigenvalue weighted by Gasteiger charge is 2.30. The highest BCUT2D eigenvalue weighted by molar-refractivity contribution is 6.32. The van der Waals surface area contributed by atoms with E-state index in [-0.39, 0.29) is 16.5 Å². The van der Waals surface area contributed by atoms with Crippen molar-refractivity contribution in [1.29, 1.82) is 0 Å². The number of hydrogen-bond acceptors (Lipinski definition) is 3. The van der Waals surface area contributed by atoms with Crippen LogP contribution in [0, 0.1) is 5.92 Å². The number of nitrogens with one attached hydrogen (secondary N) is 1. The van der Waals surface area contributed by atoms with Crippen molar-refractivity contribution in [3.63, 3.8) is 0 Å². The van der Waals surface area contributed by atoms with Crippen LogP contribution in [0.1, 0.15) is 25.0 Å². The van der Waals surface area contributed by atoms with Crippen molar-refractivity contribution in [1.82, 2.24) is 5.32 Å². The van der Waals surface area contributed by atoms with Crippen LogP contribution in [0.4, 0.5) is 13.2 Å². The minimum absolute atomic E-state index is 0.0210. The largest absolute Gasteiger partial charge is 0.452 e. The van der Waals surface area contributed by atoms with Gasteiger partial charge in [0.25, 0.3) is 5.91 Å². The van der Waals surface area contributed by atoms with Crippen molar-refractivity contribution >= 4 is 29.6 Å². The number of carbonyl (C=O) groups is 2. The lowest BCUT2D eigenvalue weighted by Gasteiger charge is -2.08. The highest BCUT2D eigenvalue weighted by Crippen LogP contribution is 2.32. The van der Waals surface area contributed by atoms with Crippen LogP contribution in [-0.2, 0) is 20.5 Å². The Bertz CT molecular complexity index is 627. The Kier molecular flexibility index (Phi) is 7.28. The molecule has 0 bridgehead atoms. The number of rotatable bonds is 6. The molecule has 0 unspecified atom stereocenters. The minimum atomic E-state index is -4.51. The van der Waals surface area contributed by atoms with Gasteiger partial charge >= 0.3 is 12.1 Å². The van der Waals surface area contributed by atoms with Gasteiger partial charge in [0.2, 0.25) is 0 Å². The van der Waals surface area contributed by atoms with Gasteiger partial charge in [0.05, 0.1) is 5.56 Å². The van der Waals surface area contributed by atoms with Crippen molar-refractivity contribution in [2.24, 2.45) is 5.92 Å². The van der Waals surface area contributed by atoms with Gasteiger partial charge in [-0.3, -0.25) is 4.79 Å². The van der Waals surface area contributed by atoms with Crippen LogP contribution in [0.5, 0.6) is 0 Å². The molecule has 1 rings (SSSR count). The first-order valence-corrected chi connectivity index (χ1v) is 7.45. The molecule has 0 aliphatic carbocycles. The monoisotopic (exact) mass is 363 g/mol. The third-order valence-electron chi connectivity index (χ3n) is 2.78. The Labute approximate surface area is 142 Å². The van der Waals surface area contributed by atoms with Gasteiger partial charge < -0.3 is 10.1 Å². The minimum Gasteiger partial charge on any atom is -0.452 e. The SMILES string of the molecule is CC(C)CNC(=O)COC(=O)/C=C/c1cc(C(F)(F)F)ccc1Cl. The summed E-state index contributed by atoms with van der Waals surface area (Å²) < 4.78 is 42.6. The van der Waals surface area contributed by atoms with Gasteiger partial charge in [-0.2, -0.15) is 13.2 Å². The molecule has 0 saturated heterocycles. The summed E-state index contributed by atoms with van der Waals surface area (Å²) in [6.07, 6.45) is -2.49. The van der Waals surface area contributed by atoms with Crippen LogP contribution in [0.3, 0.4) is 0 Å². The van der Waals surface area contributed by atoms with Crippen molar-refractivity contribution in [3.8, 4) is 0 Å². The molecule has 0 spiro atoms. The summed E-state index contributed by atoms with van der Waals surface area (Å²) in [6, 6.07) is 2.76. The fourth-order valence-electron chi connectivity index (χ4n) is 1.56. The Morgan fingerprint density at radius 2 is 2.00 bits per heavy atom. The highest BCUT2D eigenvalue weighted by atomic mass is 35.5. The van der Waals surface area contributed by atoms with E-state index in [9.17, 15) is 22.8 Å². The first-order chi connectivity index (χ1) is 11.1. The Morgan fingerprint density at radius 1 is 1.33 bits per heavy atom. The van der Waals surface area contributed by atoms with Crippen LogP contribution in [0.2, 0.25) is 5.02 Å². The second-order valence-electron chi connectivity index (χ2n) is 5.37. The summed E-state index contributed by atoms with van der Waals surface area (Å²) in [5, 5.41) is 2.62. The quantitative estimate of drug-likeness (QED) is 0.619. The third-order valence-corrected chi connectivity index (χ3v) is 3.12. The average molecular weight is 364 g/mol. The molecule has 8 heteroatoms. The van der Waals surface area contributed by atoms with Gasteiger partial charge in [0.15, 0.2) is 6.61 Å². The molecule has 0 radical (unpaired) electrons. The maximum absolute atomic E-state index is 12.6. The zero-order valence-corrected chi connectivity index (χ0v) is 13.9.